The summed E-state index contributed by atoms with van der Waals surface area (Å²) >= 11 is 12.8. The van der Waals surface area contributed by atoms with Gasteiger partial charge in [-0.05, 0) is 31.5 Å². The second-order valence-corrected chi connectivity index (χ2v) is 6.46. The minimum atomic E-state index is 0.0922. The molecule has 1 aromatic heterocycles. The van der Waals surface area contributed by atoms with Crippen LogP contribution in [-0.2, 0) is 6.42 Å². The molecule has 0 radical (unpaired) electrons. The number of aryl methyl sites for hydroxylation is 1. The van der Waals surface area contributed by atoms with Crippen LogP contribution >= 0.6 is 35.2 Å². The Bertz CT molecular complexity index is 625. The Kier molecular flexibility index (Phi) is 4.96. The molecule has 0 aliphatic rings. The zero-order chi connectivity index (χ0) is 14.7. The maximum atomic E-state index is 5.98. The molecule has 1 atom stereocenters. The van der Waals surface area contributed by atoms with Crippen molar-refractivity contribution in [3.63, 3.8) is 0 Å². The lowest BCUT2D eigenvalue weighted by Gasteiger charge is -2.16. The summed E-state index contributed by atoms with van der Waals surface area (Å²) in [6.07, 6.45) is 2.93. The highest BCUT2D eigenvalue weighted by molar-refractivity contribution is 7.80. The van der Waals surface area contributed by atoms with Gasteiger partial charge in [-0.2, -0.15) is 0 Å². The molecule has 20 heavy (non-hydrogen) atoms. The highest BCUT2D eigenvalue weighted by Crippen LogP contribution is 2.27. The summed E-state index contributed by atoms with van der Waals surface area (Å²) in [5.41, 5.74) is 7.38. The van der Waals surface area contributed by atoms with E-state index in [4.69, 9.17) is 29.6 Å². The van der Waals surface area contributed by atoms with Gasteiger partial charge in [-0.1, -0.05) is 30.7 Å². The molecule has 3 N–H and O–H groups in total. The Morgan fingerprint density at radius 2 is 2.30 bits per heavy atom. The van der Waals surface area contributed by atoms with Gasteiger partial charge in [0.2, 0.25) is 0 Å². The molecular weight excluding hydrogens is 310 g/mol. The van der Waals surface area contributed by atoms with Crippen LogP contribution in [-0.4, -0.2) is 9.97 Å². The minimum absolute atomic E-state index is 0.0922. The van der Waals surface area contributed by atoms with Gasteiger partial charge < -0.3 is 11.1 Å². The second kappa shape index (κ2) is 6.52. The van der Waals surface area contributed by atoms with Crippen LogP contribution in [0.4, 0.5) is 5.69 Å². The van der Waals surface area contributed by atoms with Gasteiger partial charge in [0.25, 0.3) is 0 Å². The van der Waals surface area contributed by atoms with Crippen LogP contribution in [0.1, 0.15) is 35.3 Å². The molecule has 0 saturated heterocycles. The lowest BCUT2D eigenvalue weighted by atomic mass is 10.1. The van der Waals surface area contributed by atoms with Crippen LogP contribution in [0.2, 0.25) is 5.02 Å². The zero-order valence-corrected chi connectivity index (χ0v) is 13.7. The van der Waals surface area contributed by atoms with Crippen molar-refractivity contribution >= 4 is 45.8 Å². The van der Waals surface area contributed by atoms with E-state index in [0.717, 1.165) is 22.7 Å². The van der Waals surface area contributed by atoms with Crippen LogP contribution in [0.5, 0.6) is 0 Å². The fourth-order valence-corrected chi connectivity index (χ4v) is 3.03. The Balaban J connectivity index is 2.23. The standard InChI is InChI=1S/C14H16ClN3S2/c1-3-10-7-17-14(20-10)8(2)18-12-5-4-9(15)6-11(12)13(16)19/h4-8,18H,3H2,1-2H3,(H2,16,19). The topological polar surface area (TPSA) is 50.9 Å². The summed E-state index contributed by atoms with van der Waals surface area (Å²) in [4.78, 5) is 6.05. The number of anilines is 1. The van der Waals surface area contributed by atoms with Crippen LogP contribution in [0.25, 0.3) is 0 Å². The number of thiocarbonyl (C=S) groups is 1. The van der Waals surface area contributed by atoms with E-state index in [1.165, 1.54) is 4.88 Å². The molecule has 6 heteroatoms. The highest BCUT2D eigenvalue weighted by Gasteiger charge is 2.13. The number of rotatable bonds is 5. The van der Waals surface area contributed by atoms with Crippen molar-refractivity contribution in [2.45, 2.75) is 26.3 Å². The average molecular weight is 326 g/mol. The van der Waals surface area contributed by atoms with Gasteiger partial charge in [0.1, 0.15) is 10.00 Å². The Hall–Kier alpha value is -1.17. The fraction of sp³-hybridized carbons (Fsp3) is 0.286. The molecule has 1 heterocycles. The number of thiazole rings is 1. The summed E-state index contributed by atoms with van der Waals surface area (Å²) in [6.45, 7) is 4.19. The Morgan fingerprint density at radius 1 is 1.55 bits per heavy atom. The average Bonchev–Trinajstić information content (AvgIpc) is 2.89. The minimum Gasteiger partial charge on any atom is -0.389 e. The van der Waals surface area contributed by atoms with Gasteiger partial charge in [0.15, 0.2) is 0 Å². The van der Waals surface area contributed by atoms with E-state index in [1.807, 2.05) is 18.3 Å². The van der Waals surface area contributed by atoms with E-state index in [1.54, 1.807) is 17.4 Å². The van der Waals surface area contributed by atoms with Crippen LogP contribution in [0.15, 0.2) is 24.4 Å². The number of hydrogen-bond acceptors (Lipinski definition) is 4. The van der Waals surface area contributed by atoms with E-state index >= 15 is 0 Å². The van der Waals surface area contributed by atoms with Crippen LogP contribution in [0.3, 0.4) is 0 Å². The van der Waals surface area contributed by atoms with Crippen molar-refractivity contribution in [2.75, 3.05) is 5.32 Å². The molecule has 1 unspecified atom stereocenters. The van der Waals surface area contributed by atoms with E-state index in [9.17, 15) is 0 Å². The first-order chi connectivity index (χ1) is 9.51. The molecule has 0 aliphatic heterocycles. The lowest BCUT2D eigenvalue weighted by molar-refractivity contribution is 0.869. The molecule has 0 fully saturated rings. The summed E-state index contributed by atoms with van der Waals surface area (Å²) < 4.78 is 0. The van der Waals surface area contributed by atoms with E-state index < -0.39 is 0 Å². The van der Waals surface area contributed by atoms with E-state index in [-0.39, 0.29) is 6.04 Å². The van der Waals surface area contributed by atoms with Crippen molar-refractivity contribution in [1.29, 1.82) is 0 Å². The number of benzene rings is 1. The largest absolute Gasteiger partial charge is 0.389 e. The molecule has 2 aromatic rings. The Labute approximate surface area is 133 Å². The van der Waals surface area contributed by atoms with Crippen molar-refractivity contribution in [2.24, 2.45) is 5.73 Å². The summed E-state index contributed by atoms with van der Waals surface area (Å²) in [5.74, 6) is 0. The third-order valence-electron chi connectivity index (χ3n) is 2.91. The number of aromatic nitrogens is 1. The first-order valence-corrected chi connectivity index (χ1v) is 7.92. The maximum absolute atomic E-state index is 5.98. The van der Waals surface area contributed by atoms with Crippen molar-refractivity contribution in [3.05, 3.63) is 44.9 Å². The van der Waals surface area contributed by atoms with Crippen molar-refractivity contribution < 1.29 is 0 Å². The summed E-state index contributed by atoms with van der Waals surface area (Å²) in [7, 11) is 0. The summed E-state index contributed by atoms with van der Waals surface area (Å²) in [6, 6.07) is 5.58. The van der Waals surface area contributed by atoms with Crippen LogP contribution < -0.4 is 11.1 Å². The van der Waals surface area contributed by atoms with Gasteiger partial charge >= 0.3 is 0 Å². The number of hydrogen-bond donors (Lipinski definition) is 2. The van der Waals surface area contributed by atoms with Gasteiger partial charge in [-0.15, -0.1) is 11.3 Å². The number of nitrogens with two attached hydrogens (primary N) is 1. The van der Waals surface area contributed by atoms with E-state index in [0.29, 0.717) is 10.0 Å². The summed E-state index contributed by atoms with van der Waals surface area (Å²) in [5, 5.41) is 5.06. The van der Waals surface area contributed by atoms with Gasteiger partial charge in [0, 0.05) is 27.3 Å². The number of nitrogens with one attached hydrogen (secondary N) is 1. The molecule has 0 amide bonds. The molecule has 0 spiro atoms. The molecular formula is C14H16ClN3S2. The van der Waals surface area contributed by atoms with E-state index in [2.05, 4.69) is 24.1 Å². The molecule has 0 saturated carbocycles. The third kappa shape index (κ3) is 3.48. The molecule has 0 bridgehead atoms. The molecule has 1 aromatic carbocycles. The number of nitrogens with zero attached hydrogens (tertiary/aromatic N) is 1. The lowest BCUT2D eigenvalue weighted by Crippen LogP contribution is -2.15. The SMILES string of the molecule is CCc1cnc(C(C)Nc2ccc(Cl)cc2C(N)=S)s1. The molecule has 3 nitrogen and oxygen atoms in total. The number of halogens is 1. The van der Waals surface area contributed by atoms with Crippen LogP contribution in [0, 0.1) is 0 Å². The van der Waals surface area contributed by atoms with Gasteiger partial charge in [-0.3, -0.25) is 0 Å². The predicted molar refractivity (Wildman–Crippen MR) is 90.9 cm³/mol. The highest BCUT2D eigenvalue weighted by atomic mass is 35.5. The van der Waals surface area contributed by atoms with Gasteiger partial charge in [0.05, 0.1) is 6.04 Å². The van der Waals surface area contributed by atoms with Crippen molar-refractivity contribution in [3.8, 4) is 0 Å². The predicted octanol–water partition coefficient (Wildman–Crippen LogP) is 4.17. The molecule has 2 rings (SSSR count). The third-order valence-corrected chi connectivity index (χ3v) is 4.69. The molecule has 0 aliphatic carbocycles. The smallest absolute Gasteiger partial charge is 0.115 e. The molecule has 106 valence electrons. The quantitative estimate of drug-likeness (QED) is 0.810. The van der Waals surface area contributed by atoms with Crippen molar-refractivity contribution in [1.82, 2.24) is 4.98 Å². The maximum Gasteiger partial charge on any atom is 0.115 e. The first-order valence-electron chi connectivity index (χ1n) is 6.31. The second-order valence-electron chi connectivity index (χ2n) is 4.44. The zero-order valence-electron chi connectivity index (χ0n) is 11.3. The van der Waals surface area contributed by atoms with Gasteiger partial charge in [-0.25, -0.2) is 4.98 Å². The normalized spacial score (nSPS) is 12.2. The fourth-order valence-electron chi connectivity index (χ4n) is 1.83. The monoisotopic (exact) mass is 325 g/mol. The first kappa shape index (κ1) is 15.2. The Morgan fingerprint density at radius 3 is 2.90 bits per heavy atom.